The average molecular weight is 307 g/mol. The number of piperazine rings is 1. The van der Waals surface area contributed by atoms with Crippen LogP contribution in [0.1, 0.15) is 17.3 Å². The number of rotatable bonds is 6. The molecule has 1 aliphatic rings. The summed E-state index contributed by atoms with van der Waals surface area (Å²) < 4.78 is 5.12. The number of nitrogens with zero attached hydrogens (tertiary/aromatic N) is 2. The van der Waals surface area contributed by atoms with E-state index in [0.717, 1.165) is 26.2 Å². The van der Waals surface area contributed by atoms with Gasteiger partial charge in [0.25, 0.3) is 0 Å². The second-order valence-corrected chi connectivity index (χ2v) is 5.60. The Labute approximate surface area is 131 Å². The molecule has 1 heterocycles. The second kappa shape index (κ2) is 7.58. The lowest BCUT2D eigenvalue weighted by molar-refractivity contribution is 0.0663. The first-order valence-corrected chi connectivity index (χ1v) is 7.61. The maximum Gasteiger partial charge on any atom is 0.179 e. The molecule has 122 valence electrons. The van der Waals surface area contributed by atoms with E-state index in [9.17, 15) is 4.79 Å². The monoisotopic (exact) mass is 307 g/mol. The van der Waals surface area contributed by atoms with Crippen LogP contribution < -0.4 is 10.5 Å². The van der Waals surface area contributed by atoms with Crippen molar-refractivity contribution in [3.8, 4) is 5.75 Å². The smallest absolute Gasteiger partial charge is 0.179 e. The van der Waals surface area contributed by atoms with Crippen molar-refractivity contribution in [2.45, 2.75) is 13.0 Å². The van der Waals surface area contributed by atoms with Crippen molar-refractivity contribution in [1.29, 1.82) is 0 Å². The number of carbonyl (C=O) groups is 1. The molecule has 0 spiro atoms. The lowest BCUT2D eigenvalue weighted by atomic mass is 10.0. The lowest BCUT2D eigenvalue weighted by Gasteiger charge is -2.37. The van der Waals surface area contributed by atoms with Gasteiger partial charge in [-0.1, -0.05) is 0 Å². The zero-order chi connectivity index (χ0) is 16.1. The van der Waals surface area contributed by atoms with E-state index in [-0.39, 0.29) is 18.4 Å². The van der Waals surface area contributed by atoms with Gasteiger partial charge in [-0.25, -0.2) is 0 Å². The number of anilines is 1. The summed E-state index contributed by atoms with van der Waals surface area (Å²) in [6, 6.07) is 4.99. The number of ether oxygens (including phenoxy) is 1. The molecule has 1 atom stereocenters. The van der Waals surface area contributed by atoms with Crippen molar-refractivity contribution in [1.82, 2.24) is 9.80 Å². The van der Waals surface area contributed by atoms with Gasteiger partial charge < -0.3 is 15.6 Å². The Bertz CT molecular complexity index is 513. The number of aliphatic hydroxyl groups is 1. The number of carbonyl (C=O) groups excluding carboxylic acids is 1. The molecule has 1 saturated heterocycles. The fraction of sp³-hybridized carbons (Fsp3) is 0.562. The van der Waals surface area contributed by atoms with Gasteiger partial charge in [0.15, 0.2) is 5.78 Å². The van der Waals surface area contributed by atoms with E-state index < -0.39 is 0 Å². The molecule has 6 heteroatoms. The van der Waals surface area contributed by atoms with Crippen molar-refractivity contribution >= 4 is 11.5 Å². The number of hydrogen-bond acceptors (Lipinski definition) is 6. The van der Waals surface area contributed by atoms with Crippen LogP contribution in [0.3, 0.4) is 0 Å². The topological polar surface area (TPSA) is 79.0 Å². The van der Waals surface area contributed by atoms with Gasteiger partial charge in [-0.05, 0) is 25.1 Å². The molecule has 1 aliphatic heterocycles. The molecule has 0 amide bonds. The van der Waals surface area contributed by atoms with Crippen LogP contribution in [-0.4, -0.2) is 73.2 Å². The zero-order valence-electron chi connectivity index (χ0n) is 13.3. The van der Waals surface area contributed by atoms with Gasteiger partial charge in [-0.2, -0.15) is 0 Å². The Balaban J connectivity index is 1.99. The Kier molecular flexibility index (Phi) is 5.76. The second-order valence-electron chi connectivity index (χ2n) is 5.60. The van der Waals surface area contributed by atoms with Crippen molar-refractivity contribution in [3.63, 3.8) is 0 Å². The van der Waals surface area contributed by atoms with Crippen molar-refractivity contribution < 1.29 is 14.6 Å². The molecule has 1 aromatic rings. The molecule has 6 nitrogen and oxygen atoms in total. The number of Topliss-reactive ketones (excluding diaryl/α,β-unsaturated/α-hetero) is 1. The van der Waals surface area contributed by atoms with Crippen LogP contribution in [0.4, 0.5) is 5.69 Å². The predicted octanol–water partition coefficient (Wildman–Crippen LogP) is 0.459. The summed E-state index contributed by atoms with van der Waals surface area (Å²) in [5, 5.41) is 8.97. The Morgan fingerprint density at radius 3 is 2.59 bits per heavy atom. The fourth-order valence-electron chi connectivity index (χ4n) is 2.81. The van der Waals surface area contributed by atoms with E-state index in [1.54, 1.807) is 25.3 Å². The van der Waals surface area contributed by atoms with E-state index in [1.807, 2.05) is 6.92 Å². The zero-order valence-corrected chi connectivity index (χ0v) is 13.3. The number of hydrogen-bond donors (Lipinski definition) is 2. The maximum atomic E-state index is 12.6. The van der Waals surface area contributed by atoms with Gasteiger partial charge in [0, 0.05) is 38.3 Å². The molecule has 0 aliphatic carbocycles. The molecule has 22 heavy (non-hydrogen) atoms. The van der Waals surface area contributed by atoms with Crippen molar-refractivity contribution in [3.05, 3.63) is 23.8 Å². The van der Waals surface area contributed by atoms with Crippen LogP contribution in [-0.2, 0) is 0 Å². The molecular formula is C16H25N3O3. The van der Waals surface area contributed by atoms with E-state index >= 15 is 0 Å². The van der Waals surface area contributed by atoms with Gasteiger partial charge in [-0.15, -0.1) is 0 Å². The number of aliphatic hydroxyl groups excluding tert-OH is 1. The molecule has 0 aromatic heterocycles. The Hall–Kier alpha value is -1.63. The molecule has 1 fully saturated rings. The van der Waals surface area contributed by atoms with Gasteiger partial charge >= 0.3 is 0 Å². The van der Waals surface area contributed by atoms with Crippen LogP contribution in [0.15, 0.2) is 18.2 Å². The van der Waals surface area contributed by atoms with E-state index in [1.165, 1.54) is 0 Å². The summed E-state index contributed by atoms with van der Waals surface area (Å²) in [5.41, 5.74) is 6.97. The number of methoxy groups -OCH3 is 1. The summed E-state index contributed by atoms with van der Waals surface area (Å²) >= 11 is 0. The van der Waals surface area contributed by atoms with Crippen molar-refractivity contribution in [2.24, 2.45) is 0 Å². The summed E-state index contributed by atoms with van der Waals surface area (Å²) in [6.07, 6.45) is 0. The van der Waals surface area contributed by atoms with E-state index in [0.29, 0.717) is 23.5 Å². The minimum Gasteiger partial charge on any atom is -0.495 e. The standard InChI is InChI=1S/C16H25N3O3/c1-12(19-7-5-18(6-8-19)9-10-20)16(21)13-3-4-15(22-2)14(17)11-13/h3-4,11-12,20H,5-10,17H2,1-2H3. The molecule has 1 aromatic carbocycles. The third-order valence-electron chi connectivity index (χ3n) is 4.26. The molecule has 3 N–H and O–H groups in total. The molecule has 2 rings (SSSR count). The van der Waals surface area contributed by atoms with Crippen LogP contribution >= 0.6 is 0 Å². The first kappa shape index (κ1) is 16.7. The fourth-order valence-corrected chi connectivity index (χ4v) is 2.81. The third-order valence-corrected chi connectivity index (χ3v) is 4.26. The van der Waals surface area contributed by atoms with Crippen LogP contribution in [0.25, 0.3) is 0 Å². The summed E-state index contributed by atoms with van der Waals surface area (Å²) in [7, 11) is 1.56. The SMILES string of the molecule is COc1ccc(C(=O)C(C)N2CCN(CCO)CC2)cc1N. The van der Waals surface area contributed by atoms with Crippen LogP contribution in [0, 0.1) is 0 Å². The lowest BCUT2D eigenvalue weighted by Crippen LogP contribution is -2.52. The molecule has 0 radical (unpaired) electrons. The maximum absolute atomic E-state index is 12.6. The minimum atomic E-state index is -0.177. The summed E-state index contributed by atoms with van der Waals surface area (Å²) in [4.78, 5) is 17.0. The van der Waals surface area contributed by atoms with E-state index in [4.69, 9.17) is 15.6 Å². The highest BCUT2D eigenvalue weighted by atomic mass is 16.5. The normalized spacial score (nSPS) is 18.1. The van der Waals surface area contributed by atoms with Gasteiger partial charge in [0.1, 0.15) is 5.75 Å². The summed E-state index contributed by atoms with van der Waals surface area (Å²) in [5.74, 6) is 0.659. The third kappa shape index (κ3) is 3.76. The highest BCUT2D eigenvalue weighted by Crippen LogP contribution is 2.23. The van der Waals surface area contributed by atoms with E-state index in [2.05, 4.69) is 9.80 Å². The van der Waals surface area contributed by atoms with Gasteiger partial charge in [0.2, 0.25) is 0 Å². The van der Waals surface area contributed by atoms with Crippen LogP contribution in [0.5, 0.6) is 5.75 Å². The number of ketones is 1. The minimum absolute atomic E-state index is 0.0740. The van der Waals surface area contributed by atoms with Crippen molar-refractivity contribution in [2.75, 3.05) is 52.2 Å². The van der Waals surface area contributed by atoms with Gasteiger partial charge in [-0.3, -0.25) is 14.6 Å². The first-order chi connectivity index (χ1) is 10.6. The highest BCUT2D eigenvalue weighted by molar-refractivity contribution is 6.00. The predicted molar refractivity (Wildman–Crippen MR) is 86.3 cm³/mol. The molecular weight excluding hydrogens is 282 g/mol. The van der Waals surface area contributed by atoms with Crippen LogP contribution in [0.2, 0.25) is 0 Å². The number of β-amino-alcohol motifs (C(OH)–C–C–N with tert-alkyl or cyclic N) is 1. The first-order valence-electron chi connectivity index (χ1n) is 7.61. The number of nitrogen functional groups attached to an aromatic ring is 1. The number of benzene rings is 1. The quantitative estimate of drug-likeness (QED) is 0.587. The average Bonchev–Trinajstić information content (AvgIpc) is 2.54. The number of nitrogens with two attached hydrogens (primary N) is 1. The summed E-state index contributed by atoms with van der Waals surface area (Å²) in [6.45, 7) is 6.23. The Morgan fingerprint density at radius 2 is 2.05 bits per heavy atom. The molecule has 0 saturated carbocycles. The molecule has 1 unspecified atom stereocenters. The largest absolute Gasteiger partial charge is 0.495 e. The van der Waals surface area contributed by atoms with Gasteiger partial charge in [0.05, 0.1) is 25.4 Å². The molecule has 0 bridgehead atoms. The Morgan fingerprint density at radius 1 is 1.36 bits per heavy atom. The highest BCUT2D eigenvalue weighted by Gasteiger charge is 2.26.